The number of para-hydroxylation sites is 2. The summed E-state index contributed by atoms with van der Waals surface area (Å²) in [4.78, 5) is 39.6. The highest BCUT2D eigenvalue weighted by molar-refractivity contribution is 5.98. The van der Waals surface area contributed by atoms with Crippen LogP contribution in [0.5, 0.6) is 11.5 Å². The molecule has 11 nitrogen and oxygen atoms in total. The predicted octanol–water partition coefficient (Wildman–Crippen LogP) is 2.72. The summed E-state index contributed by atoms with van der Waals surface area (Å²) in [5, 5.41) is 23.5. The van der Waals surface area contributed by atoms with Gasteiger partial charge in [-0.1, -0.05) is 12.1 Å². The van der Waals surface area contributed by atoms with Crippen molar-refractivity contribution >= 4 is 23.6 Å². The lowest BCUT2D eigenvalue weighted by Crippen LogP contribution is -2.18. The number of esters is 1. The number of methoxy groups -OCH3 is 1. The molecule has 0 atom stereocenters. The Kier molecular flexibility index (Phi) is 6.15. The van der Waals surface area contributed by atoms with Crippen LogP contribution in [-0.2, 0) is 4.74 Å². The molecule has 0 aliphatic heterocycles. The fourth-order valence-electron chi connectivity index (χ4n) is 2.78. The molecule has 160 valence electrons. The number of nitro groups is 1. The van der Waals surface area contributed by atoms with Crippen LogP contribution in [0.15, 0.2) is 52.3 Å². The number of hydrogen-bond acceptors (Lipinski definition) is 8. The second-order valence-corrected chi connectivity index (χ2v) is 6.12. The molecule has 0 saturated heterocycles. The van der Waals surface area contributed by atoms with Gasteiger partial charge in [-0.3, -0.25) is 25.0 Å². The van der Waals surface area contributed by atoms with Crippen LogP contribution in [0.3, 0.4) is 0 Å². The van der Waals surface area contributed by atoms with Crippen molar-refractivity contribution in [1.82, 2.24) is 9.78 Å². The number of carbonyl (C=O) groups is 1. The van der Waals surface area contributed by atoms with Crippen molar-refractivity contribution in [3.05, 3.63) is 74.2 Å². The standard InChI is InChI=1S/C20H18N4O7/c1-3-31-20(27)18-13(11-21-14-9-8-12(24(28)29)10-16(14)25)19(26)23(22-18)15-6-4-5-7-17(15)30-2/h4-11,22,25H,3H2,1-2H3. The smallest absolute Gasteiger partial charge is 0.357 e. The normalized spacial score (nSPS) is 10.9. The summed E-state index contributed by atoms with van der Waals surface area (Å²) in [6.07, 6.45) is 1.08. The van der Waals surface area contributed by atoms with E-state index in [1.807, 2.05) is 0 Å². The SMILES string of the molecule is CCOC(=O)c1[nH]n(-c2ccccc2OC)c(=O)c1C=Nc1ccc([N+](=O)[O-])cc1O. The van der Waals surface area contributed by atoms with E-state index in [4.69, 9.17) is 9.47 Å². The number of aromatic nitrogens is 2. The maximum Gasteiger partial charge on any atom is 0.357 e. The summed E-state index contributed by atoms with van der Waals surface area (Å²) < 4.78 is 11.4. The number of benzene rings is 2. The number of rotatable bonds is 7. The Morgan fingerprint density at radius 2 is 2.06 bits per heavy atom. The third-order valence-corrected chi connectivity index (χ3v) is 4.23. The summed E-state index contributed by atoms with van der Waals surface area (Å²) in [6.45, 7) is 1.70. The highest BCUT2D eigenvalue weighted by Crippen LogP contribution is 2.30. The second kappa shape index (κ2) is 8.95. The first-order valence-electron chi connectivity index (χ1n) is 9.04. The van der Waals surface area contributed by atoms with Gasteiger partial charge in [0.15, 0.2) is 5.69 Å². The average molecular weight is 426 g/mol. The highest BCUT2D eigenvalue weighted by Gasteiger charge is 2.22. The van der Waals surface area contributed by atoms with Crippen molar-refractivity contribution in [2.45, 2.75) is 6.92 Å². The third-order valence-electron chi connectivity index (χ3n) is 4.23. The van der Waals surface area contributed by atoms with E-state index in [2.05, 4.69) is 10.1 Å². The second-order valence-electron chi connectivity index (χ2n) is 6.12. The predicted molar refractivity (Wildman–Crippen MR) is 111 cm³/mol. The van der Waals surface area contributed by atoms with Gasteiger partial charge in [0.1, 0.15) is 22.9 Å². The van der Waals surface area contributed by atoms with Gasteiger partial charge in [0.2, 0.25) is 0 Å². The molecule has 0 saturated carbocycles. The van der Waals surface area contributed by atoms with Crippen molar-refractivity contribution in [3.63, 3.8) is 0 Å². The number of non-ortho nitro benzene ring substituents is 1. The van der Waals surface area contributed by atoms with Crippen LogP contribution in [0.2, 0.25) is 0 Å². The number of aromatic amines is 1. The molecule has 2 N–H and O–H groups in total. The van der Waals surface area contributed by atoms with Gasteiger partial charge in [-0.15, -0.1) is 0 Å². The van der Waals surface area contributed by atoms with Gasteiger partial charge >= 0.3 is 5.97 Å². The van der Waals surface area contributed by atoms with E-state index in [1.165, 1.54) is 13.2 Å². The average Bonchev–Trinajstić information content (AvgIpc) is 3.09. The molecule has 0 radical (unpaired) electrons. The molecular formula is C20H18N4O7. The van der Waals surface area contributed by atoms with Gasteiger partial charge in [0.05, 0.1) is 30.3 Å². The Bertz CT molecular complexity index is 1230. The molecule has 0 amide bonds. The number of phenols is 1. The topological polar surface area (TPSA) is 149 Å². The zero-order chi connectivity index (χ0) is 22.5. The minimum atomic E-state index is -0.775. The Balaban J connectivity index is 2.12. The lowest BCUT2D eigenvalue weighted by Gasteiger charge is -2.07. The number of ether oxygens (including phenoxy) is 2. The largest absolute Gasteiger partial charge is 0.505 e. The van der Waals surface area contributed by atoms with Crippen LogP contribution in [-0.4, -0.2) is 45.7 Å². The Hall–Kier alpha value is -4.41. The first-order chi connectivity index (χ1) is 14.9. The van der Waals surface area contributed by atoms with Gasteiger partial charge < -0.3 is 14.6 Å². The van der Waals surface area contributed by atoms with Gasteiger partial charge in [0, 0.05) is 12.3 Å². The van der Waals surface area contributed by atoms with Crippen LogP contribution in [0.1, 0.15) is 23.0 Å². The molecule has 11 heteroatoms. The molecule has 0 bridgehead atoms. The van der Waals surface area contributed by atoms with Crippen molar-refractivity contribution in [2.24, 2.45) is 4.99 Å². The molecule has 31 heavy (non-hydrogen) atoms. The summed E-state index contributed by atoms with van der Waals surface area (Å²) >= 11 is 0. The maximum absolute atomic E-state index is 13.0. The summed E-state index contributed by atoms with van der Waals surface area (Å²) in [7, 11) is 1.44. The first-order valence-corrected chi connectivity index (χ1v) is 9.04. The number of phenolic OH excluding ortho intramolecular Hbond substituents is 1. The molecule has 0 spiro atoms. The number of carbonyl (C=O) groups excluding carboxylic acids is 1. The number of nitro benzene ring substituents is 1. The van der Waals surface area contributed by atoms with Crippen molar-refractivity contribution in [2.75, 3.05) is 13.7 Å². The minimum absolute atomic E-state index is 0.0233. The van der Waals surface area contributed by atoms with E-state index < -0.39 is 22.2 Å². The van der Waals surface area contributed by atoms with E-state index in [1.54, 1.807) is 31.2 Å². The van der Waals surface area contributed by atoms with E-state index in [9.17, 15) is 24.8 Å². The van der Waals surface area contributed by atoms with E-state index in [-0.39, 0.29) is 29.2 Å². The van der Waals surface area contributed by atoms with E-state index >= 15 is 0 Å². The number of aromatic hydroxyl groups is 1. The number of hydrogen-bond donors (Lipinski definition) is 2. The lowest BCUT2D eigenvalue weighted by molar-refractivity contribution is -0.384. The number of aliphatic imine (C=N–C) groups is 1. The van der Waals surface area contributed by atoms with Gasteiger partial charge in [0.25, 0.3) is 11.2 Å². The highest BCUT2D eigenvalue weighted by atomic mass is 16.6. The van der Waals surface area contributed by atoms with Crippen LogP contribution < -0.4 is 10.3 Å². The first kappa shape index (κ1) is 21.3. The molecule has 0 aliphatic rings. The molecule has 1 aromatic heterocycles. The molecule has 0 fully saturated rings. The number of nitrogens with zero attached hydrogens (tertiary/aromatic N) is 3. The summed E-state index contributed by atoms with van der Waals surface area (Å²) in [5.74, 6) is -0.843. The molecule has 2 aromatic carbocycles. The van der Waals surface area contributed by atoms with Crippen molar-refractivity contribution in [1.29, 1.82) is 0 Å². The molecule has 3 rings (SSSR count). The number of nitrogens with one attached hydrogen (secondary N) is 1. The number of H-pyrrole nitrogens is 1. The zero-order valence-electron chi connectivity index (χ0n) is 16.6. The van der Waals surface area contributed by atoms with Gasteiger partial charge in [-0.05, 0) is 25.1 Å². The zero-order valence-corrected chi connectivity index (χ0v) is 16.6. The van der Waals surface area contributed by atoms with Crippen LogP contribution >= 0.6 is 0 Å². The molecule has 3 aromatic rings. The molecule has 1 heterocycles. The van der Waals surface area contributed by atoms with Crippen LogP contribution in [0.4, 0.5) is 11.4 Å². The van der Waals surface area contributed by atoms with E-state index in [0.29, 0.717) is 11.4 Å². The Labute approximate surface area is 175 Å². The lowest BCUT2D eigenvalue weighted by atomic mass is 10.2. The molecular weight excluding hydrogens is 408 g/mol. The quantitative estimate of drug-likeness (QED) is 0.255. The fourth-order valence-corrected chi connectivity index (χ4v) is 2.78. The minimum Gasteiger partial charge on any atom is -0.505 e. The van der Waals surface area contributed by atoms with Gasteiger partial charge in [-0.2, -0.15) is 0 Å². The fraction of sp³-hybridized carbons (Fsp3) is 0.150. The third kappa shape index (κ3) is 4.29. The van der Waals surface area contributed by atoms with Crippen molar-refractivity contribution < 1.29 is 24.3 Å². The van der Waals surface area contributed by atoms with Crippen molar-refractivity contribution in [3.8, 4) is 17.2 Å². The van der Waals surface area contributed by atoms with Crippen LogP contribution in [0.25, 0.3) is 5.69 Å². The summed E-state index contributed by atoms with van der Waals surface area (Å²) in [6, 6.07) is 10.00. The molecule has 0 aliphatic carbocycles. The summed E-state index contributed by atoms with van der Waals surface area (Å²) in [5.41, 5.74) is -0.866. The monoisotopic (exact) mass is 426 g/mol. The Morgan fingerprint density at radius 1 is 1.32 bits per heavy atom. The molecule has 0 unspecified atom stereocenters. The van der Waals surface area contributed by atoms with Gasteiger partial charge in [-0.25, -0.2) is 9.48 Å². The Morgan fingerprint density at radius 3 is 2.71 bits per heavy atom. The maximum atomic E-state index is 13.0. The van der Waals surface area contributed by atoms with E-state index in [0.717, 1.165) is 23.0 Å². The van der Waals surface area contributed by atoms with Crippen LogP contribution in [0, 0.1) is 10.1 Å².